The van der Waals surface area contributed by atoms with Gasteiger partial charge in [-0.05, 0) is 19.9 Å². The molecule has 2 aromatic rings. The quantitative estimate of drug-likeness (QED) is 0.742. The van der Waals surface area contributed by atoms with Gasteiger partial charge in [0, 0.05) is 30.2 Å². The molecule has 0 N–H and O–H groups in total. The van der Waals surface area contributed by atoms with Crippen molar-refractivity contribution in [1.29, 1.82) is 0 Å². The van der Waals surface area contributed by atoms with Crippen LogP contribution in [0, 0.1) is 0 Å². The van der Waals surface area contributed by atoms with Crippen LogP contribution in [0.5, 0.6) is 0 Å². The lowest BCUT2D eigenvalue weighted by Gasteiger charge is -2.02. The molecule has 2 heterocycles. The van der Waals surface area contributed by atoms with E-state index in [0.717, 1.165) is 10.9 Å². The Morgan fingerprint density at radius 3 is 2.88 bits per heavy atom. The monoisotopic (exact) mass is 217 g/mol. The normalized spacial score (nSPS) is 11.2. The first-order chi connectivity index (χ1) is 7.61. The van der Waals surface area contributed by atoms with Crippen molar-refractivity contribution in [1.82, 2.24) is 14.8 Å². The summed E-state index contributed by atoms with van der Waals surface area (Å²) in [7, 11) is 0. The van der Waals surface area contributed by atoms with Gasteiger partial charge in [-0.3, -0.25) is 14.5 Å². The molecule has 16 heavy (non-hydrogen) atoms. The maximum Gasteiger partial charge on any atom is 0.180 e. The Kier molecular flexibility index (Phi) is 2.73. The third-order valence-electron chi connectivity index (χ3n) is 2.54. The van der Waals surface area contributed by atoms with Crippen molar-refractivity contribution in [2.24, 2.45) is 0 Å². The smallest absolute Gasteiger partial charge is 0.180 e. The molecule has 0 radical (unpaired) electrons. The number of carbonyl (C=O) groups excluding carboxylic acids is 1. The minimum atomic E-state index is 0.0565. The van der Waals surface area contributed by atoms with Crippen LogP contribution in [0.15, 0.2) is 18.5 Å². The highest BCUT2D eigenvalue weighted by molar-refractivity contribution is 5.96. The molecule has 4 nitrogen and oxygen atoms in total. The van der Waals surface area contributed by atoms with Crippen molar-refractivity contribution in [2.45, 2.75) is 33.2 Å². The molecule has 0 unspecified atom stereocenters. The summed E-state index contributed by atoms with van der Waals surface area (Å²) in [6, 6.07) is 2.08. The van der Waals surface area contributed by atoms with Gasteiger partial charge in [-0.15, -0.1) is 0 Å². The molecule has 0 aliphatic heterocycles. The Labute approximate surface area is 94.3 Å². The predicted molar refractivity (Wildman–Crippen MR) is 62.5 cm³/mol. The van der Waals surface area contributed by atoms with Crippen LogP contribution in [-0.4, -0.2) is 20.5 Å². The van der Waals surface area contributed by atoms with Crippen LogP contribution in [0.2, 0.25) is 0 Å². The third-order valence-corrected chi connectivity index (χ3v) is 2.54. The van der Waals surface area contributed by atoms with Gasteiger partial charge < -0.3 is 0 Å². The summed E-state index contributed by atoms with van der Waals surface area (Å²) in [5, 5.41) is 5.39. The van der Waals surface area contributed by atoms with Gasteiger partial charge in [-0.2, -0.15) is 5.10 Å². The summed E-state index contributed by atoms with van der Waals surface area (Å²) in [6.07, 6.45) is 4.14. The lowest BCUT2D eigenvalue weighted by molar-refractivity contribution is 0.0983. The summed E-state index contributed by atoms with van der Waals surface area (Å²) in [5.74, 6) is 0.0565. The number of pyridine rings is 1. The van der Waals surface area contributed by atoms with E-state index in [-0.39, 0.29) is 5.78 Å². The standard InChI is InChI=1S/C12H15N3O/c1-4-12(16)11-5-10-9(6-13-11)7-15(14-10)8(2)3/h5-8H,4H2,1-3H3. The topological polar surface area (TPSA) is 47.8 Å². The molecule has 2 aromatic heterocycles. The van der Waals surface area contributed by atoms with Gasteiger partial charge >= 0.3 is 0 Å². The zero-order valence-corrected chi connectivity index (χ0v) is 9.77. The highest BCUT2D eigenvalue weighted by Gasteiger charge is 2.09. The van der Waals surface area contributed by atoms with Crippen molar-refractivity contribution < 1.29 is 4.79 Å². The second-order valence-electron chi connectivity index (χ2n) is 4.11. The molecule has 0 aliphatic carbocycles. The molecule has 2 rings (SSSR count). The number of aromatic nitrogens is 3. The molecular formula is C12H15N3O. The lowest BCUT2D eigenvalue weighted by Crippen LogP contribution is -2.00. The fourth-order valence-corrected chi connectivity index (χ4v) is 1.54. The van der Waals surface area contributed by atoms with E-state index >= 15 is 0 Å². The van der Waals surface area contributed by atoms with E-state index in [9.17, 15) is 4.79 Å². The highest BCUT2D eigenvalue weighted by atomic mass is 16.1. The number of nitrogens with zero attached hydrogens (tertiary/aromatic N) is 3. The van der Waals surface area contributed by atoms with Gasteiger partial charge in [-0.1, -0.05) is 6.92 Å². The molecule has 0 fully saturated rings. The molecular weight excluding hydrogens is 202 g/mol. The lowest BCUT2D eigenvalue weighted by atomic mass is 10.2. The largest absolute Gasteiger partial charge is 0.292 e. The Morgan fingerprint density at radius 2 is 2.25 bits per heavy atom. The second kappa shape index (κ2) is 4.04. The minimum Gasteiger partial charge on any atom is -0.292 e. The summed E-state index contributed by atoms with van der Waals surface area (Å²) >= 11 is 0. The zero-order chi connectivity index (χ0) is 11.7. The minimum absolute atomic E-state index is 0.0565. The summed E-state index contributed by atoms with van der Waals surface area (Å²) in [6.45, 7) is 5.97. The molecule has 0 saturated carbocycles. The summed E-state index contributed by atoms with van der Waals surface area (Å²) in [5.41, 5.74) is 1.34. The molecule has 0 saturated heterocycles. The van der Waals surface area contributed by atoms with Crippen LogP contribution in [0.1, 0.15) is 43.7 Å². The van der Waals surface area contributed by atoms with Crippen molar-refractivity contribution in [3.8, 4) is 0 Å². The molecule has 84 valence electrons. The van der Waals surface area contributed by atoms with Gasteiger partial charge in [0.05, 0.1) is 5.52 Å². The molecule has 0 atom stereocenters. The third kappa shape index (κ3) is 1.83. The molecule has 0 amide bonds. The Morgan fingerprint density at radius 1 is 1.50 bits per heavy atom. The fraction of sp³-hybridized carbons (Fsp3) is 0.417. The maximum atomic E-state index is 11.5. The molecule has 0 spiro atoms. The number of carbonyl (C=O) groups is 1. The second-order valence-corrected chi connectivity index (χ2v) is 4.11. The van der Waals surface area contributed by atoms with Crippen LogP contribution < -0.4 is 0 Å². The summed E-state index contributed by atoms with van der Waals surface area (Å²) < 4.78 is 1.88. The number of fused-ring (bicyclic) bond motifs is 1. The number of ketones is 1. The Bertz CT molecular complexity index is 528. The number of Topliss-reactive ketones (excluding diaryl/α,β-unsaturated/α-hetero) is 1. The average Bonchev–Trinajstić information content (AvgIpc) is 2.70. The van der Waals surface area contributed by atoms with E-state index in [0.29, 0.717) is 18.2 Å². The van der Waals surface area contributed by atoms with Crippen molar-refractivity contribution in [3.05, 3.63) is 24.2 Å². The summed E-state index contributed by atoms with van der Waals surface area (Å²) in [4.78, 5) is 15.6. The molecule has 4 heteroatoms. The zero-order valence-electron chi connectivity index (χ0n) is 9.77. The van der Waals surface area contributed by atoms with E-state index in [1.165, 1.54) is 0 Å². The van der Waals surface area contributed by atoms with Crippen LogP contribution in [-0.2, 0) is 0 Å². The number of hydrogen-bond acceptors (Lipinski definition) is 3. The van der Waals surface area contributed by atoms with Crippen molar-refractivity contribution in [2.75, 3.05) is 0 Å². The van der Waals surface area contributed by atoms with Crippen LogP contribution in [0.25, 0.3) is 10.9 Å². The SMILES string of the molecule is CCC(=O)c1cc2nn(C(C)C)cc2cn1. The van der Waals surface area contributed by atoms with Crippen molar-refractivity contribution in [3.63, 3.8) is 0 Å². The van der Waals surface area contributed by atoms with Crippen LogP contribution in [0.3, 0.4) is 0 Å². The van der Waals surface area contributed by atoms with Gasteiger partial charge in [-0.25, -0.2) is 0 Å². The van der Waals surface area contributed by atoms with Crippen LogP contribution >= 0.6 is 0 Å². The Balaban J connectivity index is 2.49. The first kappa shape index (κ1) is 10.8. The van der Waals surface area contributed by atoms with E-state index in [1.54, 1.807) is 12.3 Å². The average molecular weight is 217 g/mol. The van der Waals surface area contributed by atoms with E-state index in [1.807, 2.05) is 17.8 Å². The first-order valence-corrected chi connectivity index (χ1v) is 5.50. The number of rotatable bonds is 3. The van der Waals surface area contributed by atoms with Crippen molar-refractivity contribution >= 4 is 16.7 Å². The molecule has 0 aromatic carbocycles. The highest BCUT2D eigenvalue weighted by Crippen LogP contribution is 2.15. The Hall–Kier alpha value is -1.71. The maximum absolute atomic E-state index is 11.5. The van der Waals surface area contributed by atoms with Gasteiger partial charge in [0.25, 0.3) is 0 Å². The first-order valence-electron chi connectivity index (χ1n) is 5.50. The fourth-order valence-electron chi connectivity index (χ4n) is 1.54. The van der Waals surface area contributed by atoms with E-state index in [2.05, 4.69) is 23.9 Å². The molecule has 0 aliphatic rings. The van der Waals surface area contributed by atoms with Crippen LogP contribution in [0.4, 0.5) is 0 Å². The number of hydrogen-bond donors (Lipinski definition) is 0. The van der Waals surface area contributed by atoms with E-state index in [4.69, 9.17) is 0 Å². The molecule has 0 bridgehead atoms. The predicted octanol–water partition coefficient (Wildman–Crippen LogP) is 2.60. The van der Waals surface area contributed by atoms with Gasteiger partial charge in [0.1, 0.15) is 5.69 Å². The van der Waals surface area contributed by atoms with E-state index < -0.39 is 0 Å². The van der Waals surface area contributed by atoms with Gasteiger partial charge in [0.15, 0.2) is 5.78 Å². The van der Waals surface area contributed by atoms with Gasteiger partial charge in [0.2, 0.25) is 0 Å².